The molecule has 1 radical (unpaired) electrons. The van der Waals surface area contributed by atoms with Crippen LogP contribution in [0, 0.1) is 18.2 Å². The van der Waals surface area contributed by atoms with Crippen molar-refractivity contribution in [2.45, 2.75) is 26.2 Å². The van der Waals surface area contributed by atoms with Gasteiger partial charge in [0.15, 0.2) is 0 Å². The first-order chi connectivity index (χ1) is 8.95. The van der Waals surface area contributed by atoms with Gasteiger partial charge in [-0.25, -0.2) is 9.37 Å². The van der Waals surface area contributed by atoms with E-state index in [9.17, 15) is 9.18 Å². The molecule has 0 fully saturated rings. The van der Waals surface area contributed by atoms with Crippen LogP contribution in [0.3, 0.4) is 0 Å². The molecule has 2 aromatic rings. The van der Waals surface area contributed by atoms with Gasteiger partial charge >= 0.3 is 0 Å². The van der Waals surface area contributed by atoms with Crippen LogP contribution in [0.2, 0.25) is 0 Å². The number of carbonyl (C=O) groups is 1. The molecule has 1 aromatic carbocycles. The molecule has 0 aliphatic carbocycles. The van der Waals surface area contributed by atoms with Crippen molar-refractivity contribution in [3.63, 3.8) is 0 Å². The molecular formula is C14H16FN2OS. The standard InChI is InChI=1S/C14H16FN2OS/c1-8(6-13(16)18)5-9(2)14-17-11-4-3-10(15)7-12(11)19-14/h3-5,7-9H,6H2,1-2H3,(H2,16,18)/t8-,9+/m0/s1. The average molecular weight is 279 g/mol. The fourth-order valence-electron chi connectivity index (χ4n) is 2.07. The average Bonchev–Trinajstić information content (AvgIpc) is 2.70. The fraction of sp³-hybridized carbons (Fsp3) is 0.357. The highest BCUT2D eigenvalue weighted by molar-refractivity contribution is 7.18. The molecule has 0 saturated heterocycles. The first kappa shape index (κ1) is 13.9. The lowest BCUT2D eigenvalue weighted by Crippen LogP contribution is -2.16. The Bertz CT molecular complexity index is 596. The largest absolute Gasteiger partial charge is 0.370 e. The van der Waals surface area contributed by atoms with E-state index in [1.165, 1.54) is 23.5 Å². The lowest BCUT2D eigenvalue weighted by molar-refractivity contribution is -0.118. The monoisotopic (exact) mass is 279 g/mol. The van der Waals surface area contributed by atoms with E-state index in [0.29, 0.717) is 6.42 Å². The third-order valence-corrected chi connectivity index (χ3v) is 4.12. The highest BCUT2D eigenvalue weighted by Crippen LogP contribution is 2.31. The quantitative estimate of drug-likeness (QED) is 0.913. The zero-order valence-corrected chi connectivity index (χ0v) is 11.7. The molecular weight excluding hydrogens is 263 g/mol. The summed E-state index contributed by atoms with van der Waals surface area (Å²) < 4.78 is 14.0. The topological polar surface area (TPSA) is 56.0 Å². The van der Waals surface area contributed by atoms with Crippen LogP contribution in [0.4, 0.5) is 4.39 Å². The van der Waals surface area contributed by atoms with Crippen molar-refractivity contribution in [1.82, 2.24) is 4.98 Å². The summed E-state index contributed by atoms with van der Waals surface area (Å²) in [6, 6.07) is 4.59. The molecule has 0 bridgehead atoms. The van der Waals surface area contributed by atoms with Crippen molar-refractivity contribution in [3.05, 3.63) is 35.4 Å². The number of carbonyl (C=O) groups excluding carboxylic acids is 1. The van der Waals surface area contributed by atoms with E-state index in [1.54, 1.807) is 6.07 Å². The zero-order valence-electron chi connectivity index (χ0n) is 10.9. The van der Waals surface area contributed by atoms with Crippen LogP contribution < -0.4 is 5.73 Å². The molecule has 0 unspecified atom stereocenters. The summed E-state index contributed by atoms with van der Waals surface area (Å²) in [6.07, 6.45) is 2.39. The third kappa shape index (κ3) is 3.50. The second-order valence-electron chi connectivity index (χ2n) is 4.79. The second kappa shape index (κ2) is 5.65. The number of primary amides is 1. The Balaban J connectivity index is 2.12. The molecule has 19 heavy (non-hydrogen) atoms. The molecule has 5 heteroatoms. The molecule has 0 aliphatic heterocycles. The van der Waals surface area contributed by atoms with Crippen molar-refractivity contribution in [1.29, 1.82) is 0 Å². The summed E-state index contributed by atoms with van der Waals surface area (Å²) in [5.41, 5.74) is 5.98. The molecule has 0 spiro atoms. The minimum atomic E-state index is -0.303. The van der Waals surface area contributed by atoms with Gasteiger partial charge in [-0.05, 0) is 30.5 Å². The number of fused-ring (bicyclic) bond motifs is 1. The molecule has 3 nitrogen and oxygen atoms in total. The highest BCUT2D eigenvalue weighted by atomic mass is 32.1. The van der Waals surface area contributed by atoms with Crippen LogP contribution in [-0.2, 0) is 4.79 Å². The Morgan fingerprint density at radius 2 is 2.26 bits per heavy atom. The molecule has 0 saturated carbocycles. The highest BCUT2D eigenvalue weighted by Gasteiger charge is 2.16. The molecule has 2 N–H and O–H groups in total. The predicted octanol–water partition coefficient (Wildman–Crippen LogP) is 3.25. The maximum Gasteiger partial charge on any atom is 0.217 e. The Hall–Kier alpha value is -1.49. The van der Waals surface area contributed by atoms with Gasteiger partial charge in [-0.15, -0.1) is 11.3 Å². The predicted molar refractivity (Wildman–Crippen MR) is 75.3 cm³/mol. The van der Waals surface area contributed by atoms with E-state index in [2.05, 4.69) is 11.4 Å². The number of nitrogens with zero attached hydrogens (tertiary/aromatic N) is 1. The molecule has 0 aliphatic rings. The lowest BCUT2D eigenvalue weighted by Gasteiger charge is -2.13. The van der Waals surface area contributed by atoms with Gasteiger partial charge in [0.1, 0.15) is 5.82 Å². The minimum absolute atomic E-state index is 0.108. The number of hydrogen-bond donors (Lipinski definition) is 1. The summed E-state index contributed by atoms with van der Waals surface area (Å²) in [5, 5.41) is 0.928. The zero-order chi connectivity index (χ0) is 14.0. The van der Waals surface area contributed by atoms with Gasteiger partial charge in [0.2, 0.25) is 5.91 Å². The van der Waals surface area contributed by atoms with Gasteiger partial charge in [0.05, 0.1) is 15.2 Å². The Labute approximate surface area is 115 Å². The fourth-order valence-corrected chi connectivity index (χ4v) is 3.10. The Morgan fingerprint density at radius 3 is 2.95 bits per heavy atom. The summed E-state index contributed by atoms with van der Waals surface area (Å²) in [6.45, 7) is 3.97. The smallest absolute Gasteiger partial charge is 0.217 e. The maximum atomic E-state index is 13.1. The van der Waals surface area contributed by atoms with E-state index in [-0.39, 0.29) is 23.6 Å². The number of halogens is 1. The summed E-state index contributed by atoms with van der Waals surface area (Å²) >= 11 is 1.48. The Morgan fingerprint density at radius 1 is 1.53 bits per heavy atom. The van der Waals surface area contributed by atoms with Crippen molar-refractivity contribution < 1.29 is 9.18 Å². The Kier molecular flexibility index (Phi) is 4.14. The molecule has 1 amide bonds. The number of amides is 1. The van der Waals surface area contributed by atoms with Crippen molar-refractivity contribution >= 4 is 27.5 Å². The van der Waals surface area contributed by atoms with Gasteiger partial charge in [-0.2, -0.15) is 0 Å². The number of nitrogens with two attached hydrogens (primary N) is 1. The van der Waals surface area contributed by atoms with Crippen LogP contribution in [0.15, 0.2) is 18.2 Å². The van der Waals surface area contributed by atoms with E-state index >= 15 is 0 Å². The summed E-state index contributed by atoms with van der Waals surface area (Å²) in [5.74, 6) is -0.324. The van der Waals surface area contributed by atoms with Crippen molar-refractivity contribution in [2.75, 3.05) is 0 Å². The van der Waals surface area contributed by atoms with Crippen LogP contribution >= 0.6 is 11.3 Å². The molecule has 2 atom stereocenters. The number of thiazole rings is 1. The second-order valence-corrected chi connectivity index (χ2v) is 5.86. The normalized spacial score (nSPS) is 14.5. The maximum absolute atomic E-state index is 13.1. The number of rotatable bonds is 5. The van der Waals surface area contributed by atoms with Gasteiger partial charge in [0, 0.05) is 12.3 Å². The van der Waals surface area contributed by atoms with Gasteiger partial charge in [0.25, 0.3) is 0 Å². The van der Waals surface area contributed by atoms with E-state index in [4.69, 9.17) is 5.73 Å². The minimum Gasteiger partial charge on any atom is -0.370 e. The lowest BCUT2D eigenvalue weighted by atomic mass is 9.95. The summed E-state index contributed by atoms with van der Waals surface area (Å²) in [7, 11) is 0. The van der Waals surface area contributed by atoms with E-state index in [1.807, 2.05) is 13.8 Å². The van der Waals surface area contributed by atoms with E-state index < -0.39 is 0 Å². The van der Waals surface area contributed by atoms with Crippen LogP contribution in [0.1, 0.15) is 31.2 Å². The van der Waals surface area contributed by atoms with Crippen molar-refractivity contribution in [3.8, 4) is 0 Å². The first-order valence-corrected chi connectivity index (χ1v) is 6.96. The number of aromatic nitrogens is 1. The SMILES string of the molecule is C[C@H]([CH][C@H](C)CC(N)=O)c1nc2ccc(F)cc2s1. The van der Waals surface area contributed by atoms with Crippen LogP contribution in [0.25, 0.3) is 10.2 Å². The van der Waals surface area contributed by atoms with E-state index in [0.717, 1.165) is 15.2 Å². The molecule has 1 aromatic heterocycles. The molecule has 2 rings (SSSR count). The summed E-state index contributed by atoms with van der Waals surface area (Å²) in [4.78, 5) is 15.3. The van der Waals surface area contributed by atoms with Crippen molar-refractivity contribution in [2.24, 2.45) is 11.7 Å². The molecule has 101 valence electrons. The third-order valence-electron chi connectivity index (χ3n) is 2.90. The number of benzene rings is 1. The number of hydrogen-bond acceptors (Lipinski definition) is 3. The first-order valence-electron chi connectivity index (χ1n) is 6.15. The van der Waals surface area contributed by atoms with Crippen LogP contribution in [-0.4, -0.2) is 10.9 Å². The van der Waals surface area contributed by atoms with Gasteiger partial charge in [-0.3, -0.25) is 4.79 Å². The van der Waals surface area contributed by atoms with Gasteiger partial charge in [-0.1, -0.05) is 13.8 Å². The van der Waals surface area contributed by atoms with Gasteiger partial charge < -0.3 is 5.73 Å². The van der Waals surface area contributed by atoms with Crippen LogP contribution in [0.5, 0.6) is 0 Å². The molecule has 1 heterocycles.